The Morgan fingerprint density at radius 1 is 1.31 bits per heavy atom. The van der Waals surface area contributed by atoms with Crippen LogP contribution in [0.4, 0.5) is 5.82 Å². The first-order valence-electron chi connectivity index (χ1n) is 9.77. The molecule has 1 aliphatic rings. The van der Waals surface area contributed by atoms with E-state index in [4.69, 9.17) is 9.84 Å². The Morgan fingerprint density at radius 2 is 2.14 bits per heavy atom. The van der Waals surface area contributed by atoms with Gasteiger partial charge in [-0.05, 0) is 48.2 Å². The first-order chi connectivity index (χ1) is 13.9. The van der Waals surface area contributed by atoms with E-state index in [0.29, 0.717) is 19.6 Å². The molecular formula is C22H27N3O4. The van der Waals surface area contributed by atoms with Crippen molar-refractivity contribution in [3.8, 4) is 5.75 Å². The minimum absolute atomic E-state index is 0.122. The Bertz CT molecular complexity index is 856. The highest BCUT2D eigenvalue weighted by Crippen LogP contribution is 2.27. The second kappa shape index (κ2) is 9.41. The summed E-state index contributed by atoms with van der Waals surface area (Å²) in [6.07, 6.45) is 2.93. The Hall–Kier alpha value is -3.09. The normalized spacial score (nSPS) is 16.1. The number of anilines is 1. The minimum atomic E-state index is -0.948. The van der Waals surface area contributed by atoms with Crippen LogP contribution in [0.25, 0.3) is 0 Å². The first-order valence-corrected chi connectivity index (χ1v) is 9.77. The number of hydrogen-bond donors (Lipinski definition) is 1. The van der Waals surface area contributed by atoms with E-state index in [0.717, 1.165) is 35.7 Å². The third-order valence-corrected chi connectivity index (χ3v) is 5.15. The third kappa shape index (κ3) is 5.47. The van der Waals surface area contributed by atoms with Crippen LogP contribution in [-0.2, 0) is 22.6 Å². The van der Waals surface area contributed by atoms with Crippen molar-refractivity contribution in [2.45, 2.75) is 25.8 Å². The smallest absolute Gasteiger partial charge is 0.304 e. The average Bonchev–Trinajstić information content (AvgIpc) is 2.82. The molecule has 7 nitrogen and oxygen atoms in total. The molecule has 1 N–H and O–H groups in total. The van der Waals surface area contributed by atoms with E-state index in [1.807, 2.05) is 43.4 Å². The van der Waals surface area contributed by atoms with Crippen molar-refractivity contribution in [1.29, 1.82) is 0 Å². The van der Waals surface area contributed by atoms with Crippen molar-refractivity contribution in [2.24, 2.45) is 5.92 Å². The summed E-state index contributed by atoms with van der Waals surface area (Å²) in [7, 11) is 3.72. The van der Waals surface area contributed by atoms with Gasteiger partial charge in [-0.25, -0.2) is 4.98 Å². The number of carbonyl (C=O) groups excluding carboxylic acids is 1. The molecule has 0 fully saturated rings. The Labute approximate surface area is 170 Å². The SMILES string of the molecule is CN1Cc2cc(OCCCN(C)c3ccccn3)ccc2CC(CC(=O)O)C1=O. The van der Waals surface area contributed by atoms with Gasteiger partial charge in [0.25, 0.3) is 0 Å². The van der Waals surface area contributed by atoms with Crippen LogP contribution in [0.1, 0.15) is 24.0 Å². The number of nitrogens with zero attached hydrogens (tertiary/aromatic N) is 3. The Kier molecular flexibility index (Phi) is 6.69. The lowest BCUT2D eigenvalue weighted by atomic mass is 9.94. The molecule has 2 aromatic rings. The highest BCUT2D eigenvalue weighted by molar-refractivity contribution is 5.84. The molecule has 1 aromatic carbocycles. The van der Waals surface area contributed by atoms with Gasteiger partial charge < -0.3 is 19.6 Å². The molecule has 3 rings (SSSR count). The monoisotopic (exact) mass is 397 g/mol. The fourth-order valence-corrected chi connectivity index (χ4v) is 3.59. The Morgan fingerprint density at radius 3 is 2.86 bits per heavy atom. The van der Waals surface area contributed by atoms with Gasteiger partial charge in [0.05, 0.1) is 18.9 Å². The van der Waals surface area contributed by atoms with Crippen molar-refractivity contribution in [2.75, 3.05) is 32.1 Å². The summed E-state index contributed by atoms with van der Waals surface area (Å²) in [4.78, 5) is 31.5. The second-order valence-corrected chi connectivity index (χ2v) is 7.44. The molecule has 154 valence electrons. The van der Waals surface area contributed by atoms with E-state index < -0.39 is 11.9 Å². The molecule has 0 saturated carbocycles. The zero-order valence-corrected chi connectivity index (χ0v) is 16.9. The lowest BCUT2D eigenvalue weighted by Gasteiger charge is -2.19. The van der Waals surface area contributed by atoms with Gasteiger partial charge in [-0.1, -0.05) is 12.1 Å². The van der Waals surface area contributed by atoms with Gasteiger partial charge in [0, 0.05) is 33.4 Å². The fraction of sp³-hybridized carbons (Fsp3) is 0.409. The number of aromatic nitrogens is 1. The number of pyridine rings is 1. The largest absolute Gasteiger partial charge is 0.494 e. The number of rotatable bonds is 8. The van der Waals surface area contributed by atoms with Gasteiger partial charge in [-0.2, -0.15) is 0 Å². The van der Waals surface area contributed by atoms with Gasteiger partial charge in [0.1, 0.15) is 11.6 Å². The lowest BCUT2D eigenvalue weighted by Crippen LogP contribution is -2.32. The van der Waals surface area contributed by atoms with E-state index in [1.165, 1.54) is 0 Å². The van der Waals surface area contributed by atoms with Crippen molar-refractivity contribution in [3.05, 3.63) is 53.7 Å². The molecule has 1 aromatic heterocycles. The number of benzene rings is 1. The van der Waals surface area contributed by atoms with Gasteiger partial charge in [-0.15, -0.1) is 0 Å². The van der Waals surface area contributed by atoms with Crippen LogP contribution in [0.15, 0.2) is 42.6 Å². The van der Waals surface area contributed by atoms with E-state index in [2.05, 4.69) is 9.88 Å². The molecule has 0 saturated heterocycles. The van der Waals surface area contributed by atoms with Crippen LogP contribution in [-0.4, -0.2) is 54.1 Å². The lowest BCUT2D eigenvalue weighted by molar-refractivity contribution is -0.143. The molecule has 1 atom stereocenters. The number of amides is 1. The maximum atomic E-state index is 12.4. The van der Waals surface area contributed by atoms with Crippen LogP contribution < -0.4 is 9.64 Å². The zero-order chi connectivity index (χ0) is 20.8. The number of carbonyl (C=O) groups is 2. The third-order valence-electron chi connectivity index (χ3n) is 5.15. The van der Waals surface area contributed by atoms with Crippen molar-refractivity contribution in [3.63, 3.8) is 0 Å². The van der Waals surface area contributed by atoms with E-state index in [1.54, 1.807) is 18.1 Å². The quantitative estimate of drug-likeness (QED) is 0.690. The predicted octanol–water partition coefficient (Wildman–Crippen LogP) is 2.59. The number of carboxylic acid groups (broad SMARTS) is 1. The van der Waals surface area contributed by atoms with Crippen molar-refractivity contribution < 1.29 is 19.4 Å². The molecule has 7 heteroatoms. The van der Waals surface area contributed by atoms with Crippen LogP contribution in [0, 0.1) is 5.92 Å². The Balaban J connectivity index is 1.57. The van der Waals surface area contributed by atoms with E-state index in [-0.39, 0.29) is 12.3 Å². The molecular weight excluding hydrogens is 370 g/mol. The highest BCUT2D eigenvalue weighted by atomic mass is 16.5. The number of fused-ring (bicyclic) bond motifs is 1. The maximum absolute atomic E-state index is 12.4. The molecule has 0 aliphatic carbocycles. The average molecular weight is 397 g/mol. The number of aliphatic carboxylic acids is 1. The summed E-state index contributed by atoms with van der Waals surface area (Å²) in [6.45, 7) is 1.87. The predicted molar refractivity (Wildman–Crippen MR) is 110 cm³/mol. The van der Waals surface area contributed by atoms with E-state index in [9.17, 15) is 9.59 Å². The first kappa shape index (κ1) is 20.6. The molecule has 29 heavy (non-hydrogen) atoms. The van der Waals surface area contributed by atoms with Crippen molar-refractivity contribution in [1.82, 2.24) is 9.88 Å². The fourth-order valence-electron chi connectivity index (χ4n) is 3.59. The van der Waals surface area contributed by atoms with Gasteiger partial charge >= 0.3 is 5.97 Å². The summed E-state index contributed by atoms with van der Waals surface area (Å²) in [5.74, 6) is 0.107. The summed E-state index contributed by atoms with van der Waals surface area (Å²) in [5, 5.41) is 9.09. The van der Waals surface area contributed by atoms with E-state index >= 15 is 0 Å². The van der Waals surface area contributed by atoms with Crippen LogP contribution >= 0.6 is 0 Å². The summed E-state index contributed by atoms with van der Waals surface area (Å²) in [6, 6.07) is 11.6. The molecule has 1 amide bonds. The number of hydrogen-bond acceptors (Lipinski definition) is 5. The number of ether oxygens (including phenoxy) is 1. The molecule has 0 spiro atoms. The maximum Gasteiger partial charge on any atom is 0.304 e. The molecule has 0 radical (unpaired) electrons. The van der Waals surface area contributed by atoms with Crippen LogP contribution in [0.5, 0.6) is 5.75 Å². The summed E-state index contributed by atoms with van der Waals surface area (Å²) >= 11 is 0. The summed E-state index contributed by atoms with van der Waals surface area (Å²) in [5.41, 5.74) is 2.02. The number of carboxylic acids is 1. The van der Waals surface area contributed by atoms with Crippen LogP contribution in [0.2, 0.25) is 0 Å². The van der Waals surface area contributed by atoms with Crippen LogP contribution in [0.3, 0.4) is 0 Å². The molecule has 1 aliphatic heterocycles. The standard InChI is InChI=1S/C22H27N3O4/c1-24(20-6-3-4-9-23-20)10-5-11-29-19-8-7-16-12-17(14-21(26)27)22(28)25(2)15-18(16)13-19/h3-4,6-9,13,17H,5,10-12,14-15H2,1-2H3,(H,26,27). The van der Waals surface area contributed by atoms with Gasteiger partial charge in [-0.3, -0.25) is 9.59 Å². The molecule has 1 unspecified atom stereocenters. The van der Waals surface area contributed by atoms with Crippen molar-refractivity contribution >= 4 is 17.7 Å². The molecule has 0 bridgehead atoms. The zero-order valence-electron chi connectivity index (χ0n) is 16.9. The van der Waals surface area contributed by atoms with Gasteiger partial charge in [0.2, 0.25) is 5.91 Å². The van der Waals surface area contributed by atoms with Gasteiger partial charge in [0.15, 0.2) is 0 Å². The minimum Gasteiger partial charge on any atom is -0.494 e. The highest BCUT2D eigenvalue weighted by Gasteiger charge is 2.29. The summed E-state index contributed by atoms with van der Waals surface area (Å²) < 4.78 is 5.91. The topological polar surface area (TPSA) is 83.0 Å². The molecule has 2 heterocycles. The second-order valence-electron chi connectivity index (χ2n) is 7.44.